The molecule has 108 valence electrons. The number of aromatic amines is 1. The molecular formula is C12H17N5O3. The first kappa shape index (κ1) is 14.2. The Morgan fingerprint density at radius 2 is 2.10 bits per heavy atom. The Balaban J connectivity index is 2.25. The average molecular weight is 279 g/mol. The van der Waals surface area contributed by atoms with Crippen LogP contribution in [0.2, 0.25) is 0 Å². The van der Waals surface area contributed by atoms with E-state index in [4.69, 9.17) is 0 Å². The van der Waals surface area contributed by atoms with Crippen LogP contribution in [0.15, 0.2) is 0 Å². The third-order valence-corrected chi connectivity index (χ3v) is 3.24. The Hall–Kier alpha value is -2.25. The quantitative estimate of drug-likeness (QED) is 0.734. The van der Waals surface area contributed by atoms with Gasteiger partial charge in [0.25, 0.3) is 11.8 Å². The van der Waals surface area contributed by atoms with Crippen molar-refractivity contribution in [2.24, 2.45) is 0 Å². The Bertz CT molecular complexity index is 563. The summed E-state index contributed by atoms with van der Waals surface area (Å²) >= 11 is 0. The standard InChI is InChI=1S/C12H17N5O3/c1-4-5-7-13-9(16-15-7)10(19)17-6-8(18)14-11(20)12(17,2)3/h4-6H2,1-3H3,(H,13,15,16)(H,14,18,20). The van der Waals surface area contributed by atoms with Gasteiger partial charge in [-0.15, -0.1) is 5.10 Å². The van der Waals surface area contributed by atoms with Crippen molar-refractivity contribution in [3.8, 4) is 0 Å². The van der Waals surface area contributed by atoms with E-state index in [0.717, 1.165) is 6.42 Å². The van der Waals surface area contributed by atoms with E-state index in [0.29, 0.717) is 12.2 Å². The molecule has 8 heteroatoms. The fourth-order valence-electron chi connectivity index (χ4n) is 1.97. The van der Waals surface area contributed by atoms with Crippen molar-refractivity contribution < 1.29 is 14.4 Å². The Morgan fingerprint density at radius 3 is 2.75 bits per heavy atom. The number of aromatic nitrogens is 3. The van der Waals surface area contributed by atoms with E-state index in [2.05, 4.69) is 20.5 Å². The molecule has 3 amide bonds. The molecular weight excluding hydrogens is 262 g/mol. The summed E-state index contributed by atoms with van der Waals surface area (Å²) in [6.45, 7) is 4.95. The summed E-state index contributed by atoms with van der Waals surface area (Å²) in [5.41, 5.74) is -1.11. The summed E-state index contributed by atoms with van der Waals surface area (Å²) in [4.78, 5) is 40.9. The number of carbonyl (C=O) groups is 3. The van der Waals surface area contributed by atoms with Gasteiger partial charge in [-0.2, -0.15) is 0 Å². The van der Waals surface area contributed by atoms with Crippen LogP contribution in [0, 0.1) is 0 Å². The van der Waals surface area contributed by atoms with Gasteiger partial charge in [0.15, 0.2) is 0 Å². The van der Waals surface area contributed by atoms with Crippen molar-refractivity contribution in [3.63, 3.8) is 0 Å². The summed E-state index contributed by atoms with van der Waals surface area (Å²) in [6.07, 6.45) is 1.56. The van der Waals surface area contributed by atoms with Crippen LogP contribution in [0.5, 0.6) is 0 Å². The van der Waals surface area contributed by atoms with Crippen molar-refractivity contribution in [1.29, 1.82) is 0 Å². The van der Waals surface area contributed by atoms with Gasteiger partial charge in [-0.3, -0.25) is 24.8 Å². The van der Waals surface area contributed by atoms with Gasteiger partial charge in [0.1, 0.15) is 17.9 Å². The smallest absolute Gasteiger partial charge is 0.294 e. The molecule has 0 radical (unpaired) electrons. The largest absolute Gasteiger partial charge is 0.312 e. The zero-order valence-electron chi connectivity index (χ0n) is 11.7. The second kappa shape index (κ2) is 5.03. The lowest BCUT2D eigenvalue weighted by Crippen LogP contribution is -2.65. The highest BCUT2D eigenvalue weighted by Crippen LogP contribution is 2.20. The van der Waals surface area contributed by atoms with Gasteiger partial charge < -0.3 is 4.90 Å². The highest BCUT2D eigenvalue weighted by Gasteiger charge is 2.44. The fraction of sp³-hybridized carbons (Fsp3) is 0.583. The van der Waals surface area contributed by atoms with Crippen LogP contribution in [-0.2, 0) is 16.0 Å². The predicted molar refractivity (Wildman–Crippen MR) is 68.6 cm³/mol. The molecule has 0 unspecified atom stereocenters. The van der Waals surface area contributed by atoms with Crippen molar-refractivity contribution >= 4 is 17.7 Å². The molecule has 20 heavy (non-hydrogen) atoms. The van der Waals surface area contributed by atoms with Crippen molar-refractivity contribution in [1.82, 2.24) is 25.4 Å². The molecule has 1 aliphatic heterocycles. The summed E-state index contributed by atoms with van der Waals surface area (Å²) < 4.78 is 0. The highest BCUT2D eigenvalue weighted by molar-refractivity contribution is 6.08. The van der Waals surface area contributed by atoms with Crippen LogP contribution in [0.4, 0.5) is 0 Å². The number of aryl methyl sites for hydroxylation is 1. The first-order valence-electron chi connectivity index (χ1n) is 6.43. The van der Waals surface area contributed by atoms with E-state index in [1.807, 2.05) is 6.92 Å². The zero-order chi connectivity index (χ0) is 14.9. The topological polar surface area (TPSA) is 108 Å². The molecule has 2 rings (SSSR count). The van der Waals surface area contributed by atoms with Crippen LogP contribution in [0.25, 0.3) is 0 Å². The van der Waals surface area contributed by atoms with Gasteiger partial charge in [-0.25, -0.2) is 4.98 Å². The average Bonchev–Trinajstić information content (AvgIpc) is 2.82. The summed E-state index contributed by atoms with van der Waals surface area (Å²) in [7, 11) is 0. The van der Waals surface area contributed by atoms with E-state index in [-0.39, 0.29) is 12.4 Å². The lowest BCUT2D eigenvalue weighted by atomic mass is 9.98. The van der Waals surface area contributed by atoms with Crippen LogP contribution in [0.1, 0.15) is 43.6 Å². The van der Waals surface area contributed by atoms with E-state index < -0.39 is 23.3 Å². The number of rotatable bonds is 3. The summed E-state index contributed by atoms with van der Waals surface area (Å²) in [5, 5.41) is 8.75. The summed E-state index contributed by atoms with van der Waals surface area (Å²) in [6, 6.07) is 0. The highest BCUT2D eigenvalue weighted by atomic mass is 16.2. The van der Waals surface area contributed by atoms with E-state index in [9.17, 15) is 14.4 Å². The number of hydrogen-bond acceptors (Lipinski definition) is 5. The molecule has 0 aromatic carbocycles. The first-order valence-corrected chi connectivity index (χ1v) is 6.43. The van der Waals surface area contributed by atoms with Crippen LogP contribution in [-0.4, -0.2) is 49.9 Å². The lowest BCUT2D eigenvalue weighted by Gasteiger charge is -2.39. The van der Waals surface area contributed by atoms with Crippen LogP contribution < -0.4 is 5.32 Å². The van der Waals surface area contributed by atoms with Crippen molar-refractivity contribution in [3.05, 3.63) is 11.6 Å². The molecule has 0 aliphatic carbocycles. The summed E-state index contributed by atoms with van der Waals surface area (Å²) in [5.74, 6) is -0.958. The maximum atomic E-state index is 12.4. The lowest BCUT2D eigenvalue weighted by molar-refractivity contribution is -0.143. The Labute approximate surface area is 115 Å². The molecule has 1 aliphatic rings. The van der Waals surface area contributed by atoms with E-state index in [1.54, 1.807) is 13.8 Å². The van der Waals surface area contributed by atoms with Crippen LogP contribution in [0.3, 0.4) is 0 Å². The van der Waals surface area contributed by atoms with Crippen molar-refractivity contribution in [2.45, 2.75) is 39.2 Å². The second-order valence-corrected chi connectivity index (χ2v) is 5.18. The molecule has 2 N–H and O–H groups in total. The molecule has 0 atom stereocenters. The monoisotopic (exact) mass is 279 g/mol. The number of carbonyl (C=O) groups excluding carboxylic acids is 3. The third-order valence-electron chi connectivity index (χ3n) is 3.24. The molecule has 0 bridgehead atoms. The first-order chi connectivity index (χ1) is 9.36. The number of hydrogen-bond donors (Lipinski definition) is 2. The minimum Gasteiger partial charge on any atom is -0.312 e. The Kier molecular flexibility index (Phi) is 3.56. The predicted octanol–water partition coefficient (Wildman–Crippen LogP) is -0.366. The minimum absolute atomic E-state index is 0.0241. The number of piperazine rings is 1. The fourth-order valence-corrected chi connectivity index (χ4v) is 1.97. The number of amides is 3. The molecule has 2 heterocycles. The number of nitrogens with zero attached hydrogens (tertiary/aromatic N) is 3. The van der Waals surface area contributed by atoms with Gasteiger partial charge in [0.05, 0.1) is 0 Å². The zero-order valence-corrected chi connectivity index (χ0v) is 11.7. The SMILES string of the molecule is CCCc1nc(C(=O)N2CC(=O)NC(=O)C2(C)C)n[nH]1. The van der Waals surface area contributed by atoms with E-state index >= 15 is 0 Å². The maximum Gasteiger partial charge on any atom is 0.294 e. The Morgan fingerprint density at radius 1 is 1.40 bits per heavy atom. The number of H-pyrrole nitrogens is 1. The maximum absolute atomic E-state index is 12.4. The second-order valence-electron chi connectivity index (χ2n) is 5.18. The van der Waals surface area contributed by atoms with Crippen molar-refractivity contribution in [2.75, 3.05) is 6.54 Å². The minimum atomic E-state index is -1.11. The molecule has 1 aromatic rings. The van der Waals surface area contributed by atoms with Gasteiger partial charge in [-0.1, -0.05) is 6.92 Å². The number of nitrogens with one attached hydrogen (secondary N) is 2. The molecule has 0 spiro atoms. The van der Waals surface area contributed by atoms with Gasteiger partial charge in [-0.05, 0) is 20.3 Å². The van der Waals surface area contributed by atoms with Gasteiger partial charge in [0, 0.05) is 6.42 Å². The van der Waals surface area contributed by atoms with E-state index in [1.165, 1.54) is 4.90 Å². The molecule has 1 saturated heterocycles. The van der Waals surface area contributed by atoms with Crippen LogP contribution >= 0.6 is 0 Å². The molecule has 0 saturated carbocycles. The number of imide groups is 1. The third kappa shape index (κ3) is 2.40. The molecule has 1 aromatic heterocycles. The van der Waals surface area contributed by atoms with Gasteiger partial charge in [0.2, 0.25) is 11.7 Å². The molecule has 1 fully saturated rings. The van der Waals surface area contributed by atoms with Gasteiger partial charge >= 0.3 is 0 Å². The normalized spacial score (nSPS) is 18.1. The molecule has 8 nitrogen and oxygen atoms in total.